The molecule has 136 valence electrons. The van der Waals surface area contributed by atoms with Gasteiger partial charge in [0, 0.05) is 11.8 Å². The molecule has 0 fully saturated rings. The van der Waals surface area contributed by atoms with Crippen molar-refractivity contribution < 1.29 is 9.63 Å². The molecule has 0 amide bonds. The van der Waals surface area contributed by atoms with Gasteiger partial charge in [0.25, 0.3) is 5.89 Å². The lowest BCUT2D eigenvalue weighted by molar-refractivity contribution is 0.431. The third-order valence-electron chi connectivity index (χ3n) is 4.51. The molecule has 0 radical (unpaired) electrons. The van der Waals surface area contributed by atoms with Crippen molar-refractivity contribution in [2.45, 2.75) is 47.5 Å². The molecule has 0 bridgehead atoms. The van der Waals surface area contributed by atoms with Gasteiger partial charge in [0.05, 0.1) is 0 Å². The molecule has 0 saturated heterocycles. The minimum Gasteiger partial charge on any atom is -0.507 e. The van der Waals surface area contributed by atoms with Crippen LogP contribution in [0.1, 0.15) is 43.0 Å². The largest absolute Gasteiger partial charge is 0.507 e. The van der Waals surface area contributed by atoms with Crippen molar-refractivity contribution >= 4 is 0 Å². The molecular weight excluding hydrogens is 326 g/mol. The van der Waals surface area contributed by atoms with E-state index in [1.54, 1.807) is 0 Å². The van der Waals surface area contributed by atoms with Crippen molar-refractivity contribution in [2.75, 3.05) is 0 Å². The highest BCUT2D eigenvalue weighted by atomic mass is 16.5. The van der Waals surface area contributed by atoms with Gasteiger partial charge in [0.2, 0.25) is 5.82 Å². The van der Waals surface area contributed by atoms with Gasteiger partial charge in [-0.1, -0.05) is 25.9 Å². The van der Waals surface area contributed by atoms with E-state index in [2.05, 4.69) is 35.9 Å². The van der Waals surface area contributed by atoms with Crippen LogP contribution in [-0.4, -0.2) is 20.2 Å². The van der Waals surface area contributed by atoms with E-state index in [1.807, 2.05) is 38.2 Å². The number of pyridine rings is 1. The fourth-order valence-electron chi connectivity index (χ4n) is 3.05. The number of aryl methyl sites for hydroxylation is 3. The van der Waals surface area contributed by atoms with Crippen molar-refractivity contribution in [3.8, 4) is 28.7 Å². The van der Waals surface area contributed by atoms with E-state index < -0.39 is 0 Å². The Morgan fingerprint density at radius 3 is 2.50 bits per heavy atom. The first-order valence-corrected chi connectivity index (χ1v) is 9.01. The average molecular weight is 351 g/mol. The van der Waals surface area contributed by atoms with Gasteiger partial charge in [0.15, 0.2) is 0 Å². The molecule has 0 aliphatic rings. The molecule has 5 heteroatoms. The van der Waals surface area contributed by atoms with Gasteiger partial charge in [-0.2, -0.15) is 4.98 Å². The maximum Gasteiger partial charge on any atom is 0.276 e. The predicted octanol–water partition coefficient (Wildman–Crippen LogP) is 4.88. The highest BCUT2D eigenvalue weighted by Gasteiger charge is 2.15. The second-order valence-electron chi connectivity index (χ2n) is 7.17. The Morgan fingerprint density at radius 1 is 1.08 bits per heavy atom. The average Bonchev–Trinajstić information content (AvgIpc) is 3.08. The molecule has 0 atom stereocenters. The Balaban J connectivity index is 1.93. The summed E-state index contributed by atoms with van der Waals surface area (Å²) in [6.07, 6.45) is 3.64. The van der Waals surface area contributed by atoms with Gasteiger partial charge in [0.1, 0.15) is 11.4 Å². The number of hydrogen-bond donors (Lipinski definition) is 1. The predicted molar refractivity (Wildman–Crippen MR) is 102 cm³/mol. The zero-order valence-electron chi connectivity index (χ0n) is 16.0. The number of benzene rings is 1. The second kappa shape index (κ2) is 7.28. The molecule has 26 heavy (non-hydrogen) atoms. The molecule has 3 rings (SSSR count). The summed E-state index contributed by atoms with van der Waals surface area (Å²) >= 11 is 0. The first kappa shape index (κ1) is 18.1. The Labute approximate surface area is 154 Å². The van der Waals surface area contributed by atoms with Crippen molar-refractivity contribution in [1.82, 2.24) is 15.1 Å². The summed E-state index contributed by atoms with van der Waals surface area (Å²) in [5, 5.41) is 14.2. The van der Waals surface area contributed by atoms with E-state index in [9.17, 15) is 5.11 Å². The molecular formula is C21H25N3O2. The Kier molecular flexibility index (Phi) is 5.07. The van der Waals surface area contributed by atoms with Crippen LogP contribution < -0.4 is 0 Å². The molecule has 0 saturated carbocycles. The fraction of sp³-hybridized carbons (Fsp3) is 0.381. The van der Waals surface area contributed by atoms with E-state index in [0.29, 0.717) is 29.1 Å². The number of aromatic hydroxyl groups is 1. The van der Waals surface area contributed by atoms with E-state index >= 15 is 0 Å². The first-order chi connectivity index (χ1) is 12.4. The van der Waals surface area contributed by atoms with Crippen LogP contribution in [0.25, 0.3) is 23.0 Å². The molecule has 5 nitrogen and oxygen atoms in total. The van der Waals surface area contributed by atoms with Crippen molar-refractivity contribution in [2.24, 2.45) is 5.92 Å². The maximum absolute atomic E-state index is 10.1. The molecule has 0 unspecified atom stereocenters. The van der Waals surface area contributed by atoms with Gasteiger partial charge in [-0.15, -0.1) is 0 Å². The molecule has 3 aromatic rings. The van der Waals surface area contributed by atoms with Crippen molar-refractivity contribution in [1.29, 1.82) is 0 Å². The van der Waals surface area contributed by atoms with Gasteiger partial charge in [-0.05, 0) is 73.1 Å². The van der Waals surface area contributed by atoms with Gasteiger partial charge in [-0.25, -0.2) is 0 Å². The third kappa shape index (κ3) is 3.62. The van der Waals surface area contributed by atoms with Crippen LogP contribution in [-0.2, 0) is 12.8 Å². The molecule has 1 aromatic carbocycles. The zero-order chi connectivity index (χ0) is 18.8. The van der Waals surface area contributed by atoms with Crippen LogP contribution >= 0.6 is 0 Å². The van der Waals surface area contributed by atoms with E-state index in [-0.39, 0.29) is 0 Å². The summed E-state index contributed by atoms with van der Waals surface area (Å²) in [4.78, 5) is 9.01. The van der Waals surface area contributed by atoms with Crippen LogP contribution in [0.4, 0.5) is 0 Å². The fourth-order valence-corrected chi connectivity index (χ4v) is 3.05. The van der Waals surface area contributed by atoms with Crippen LogP contribution in [0.2, 0.25) is 0 Å². The van der Waals surface area contributed by atoms with Crippen LogP contribution in [0.5, 0.6) is 5.75 Å². The van der Waals surface area contributed by atoms with Crippen LogP contribution in [0.3, 0.4) is 0 Å². The minimum absolute atomic E-state index is 0.331. The molecule has 2 aromatic heterocycles. The lowest BCUT2D eigenvalue weighted by Crippen LogP contribution is -1.98. The van der Waals surface area contributed by atoms with E-state index in [1.165, 1.54) is 11.1 Å². The Bertz CT molecular complexity index is 929. The van der Waals surface area contributed by atoms with E-state index in [0.717, 1.165) is 29.5 Å². The van der Waals surface area contributed by atoms with Crippen molar-refractivity contribution in [3.05, 3.63) is 46.6 Å². The quantitative estimate of drug-likeness (QED) is 0.709. The highest BCUT2D eigenvalue weighted by molar-refractivity contribution is 5.63. The molecule has 1 N–H and O–H groups in total. The van der Waals surface area contributed by atoms with Gasteiger partial charge in [-0.3, -0.25) is 4.98 Å². The number of phenols is 1. The smallest absolute Gasteiger partial charge is 0.276 e. The number of aromatic nitrogens is 3. The number of phenolic OH excluding ortho intramolecular Hbond substituents is 1. The Hall–Kier alpha value is -2.69. The first-order valence-electron chi connectivity index (χ1n) is 9.01. The molecule has 2 heterocycles. The monoisotopic (exact) mass is 351 g/mol. The maximum atomic E-state index is 10.1. The molecule has 0 spiro atoms. The number of nitrogens with zero attached hydrogens (tertiary/aromatic N) is 3. The molecule has 0 aliphatic heterocycles. The summed E-state index contributed by atoms with van der Waals surface area (Å²) < 4.78 is 5.44. The standard InChI is InChI=1S/C21H25N3O2/c1-6-15-10-16(8-14(5)19(15)25)20-23-21(26-24-20)18-9-13(4)17(11-22-18)7-12(2)3/h8-12,25H,6-7H2,1-5H3. The van der Waals surface area contributed by atoms with Crippen LogP contribution in [0, 0.1) is 19.8 Å². The van der Waals surface area contributed by atoms with Crippen LogP contribution in [0.15, 0.2) is 28.9 Å². The normalized spacial score (nSPS) is 11.3. The van der Waals surface area contributed by atoms with Gasteiger partial charge >= 0.3 is 0 Å². The minimum atomic E-state index is 0.331. The summed E-state index contributed by atoms with van der Waals surface area (Å²) in [5.74, 6) is 1.83. The summed E-state index contributed by atoms with van der Waals surface area (Å²) in [5.41, 5.74) is 5.61. The summed E-state index contributed by atoms with van der Waals surface area (Å²) in [6.45, 7) is 10.4. The van der Waals surface area contributed by atoms with Gasteiger partial charge < -0.3 is 9.63 Å². The summed E-state index contributed by atoms with van der Waals surface area (Å²) in [6, 6.07) is 5.77. The van der Waals surface area contributed by atoms with Crippen molar-refractivity contribution in [3.63, 3.8) is 0 Å². The third-order valence-corrected chi connectivity index (χ3v) is 4.51. The number of rotatable bonds is 5. The zero-order valence-corrected chi connectivity index (χ0v) is 16.0. The topological polar surface area (TPSA) is 72.0 Å². The summed E-state index contributed by atoms with van der Waals surface area (Å²) in [7, 11) is 0. The second-order valence-corrected chi connectivity index (χ2v) is 7.17. The highest BCUT2D eigenvalue weighted by Crippen LogP contribution is 2.30. The van der Waals surface area contributed by atoms with E-state index in [4.69, 9.17) is 4.52 Å². The molecule has 0 aliphatic carbocycles. The SMILES string of the molecule is CCc1cc(-c2noc(-c3cc(C)c(CC(C)C)cn3)n2)cc(C)c1O. The lowest BCUT2D eigenvalue weighted by atomic mass is 10.0. The number of hydrogen-bond acceptors (Lipinski definition) is 5. The lowest BCUT2D eigenvalue weighted by Gasteiger charge is -2.08. The Morgan fingerprint density at radius 2 is 1.85 bits per heavy atom.